The predicted octanol–water partition coefficient (Wildman–Crippen LogP) is 3.88. The number of nitrogens with zero attached hydrogens (tertiary/aromatic N) is 3. The van der Waals surface area contributed by atoms with E-state index in [1.807, 2.05) is 23.6 Å². The van der Waals surface area contributed by atoms with Gasteiger partial charge in [0.25, 0.3) is 0 Å². The number of carbonyl (C=O) groups is 1. The topological polar surface area (TPSA) is 129 Å². The molecular weight excluding hydrogens is 498 g/mol. The van der Waals surface area contributed by atoms with Gasteiger partial charge in [-0.15, -0.1) is 11.3 Å². The SMILES string of the molecule is Cc1cn(Cc2csc(C(=O)c3cncnc3N[C@H]3CC[C@@H](COS(N)(=O)=O)C3)c2)c2ccccc12. The molecule has 0 unspecified atom stereocenters. The van der Waals surface area contributed by atoms with Crippen LogP contribution >= 0.6 is 11.3 Å². The van der Waals surface area contributed by atoms with Crippen LogP contribution in [0.2, 0.25) is 0 Å². The largest absolute Gasteiger partial charge is 0.367 e. The number of rotatable bonds is 9. The summed E-state index contributed by atoms with van der Waals surface area (Å²) in [6.45, 7) is 2.84. The molecule has 0 bridgehead atoms. The number of nitrogens with one attached hydrogen (secondary N) is 1. The fourth-order valence-corrected chi connectivity index (χ4v) is 6.06. The van der Waals surface area contributed by atoms with Crippen LogP contribution in [0.5, 0.6) is 0 Å². The third-order valence-electron chi connectivity index (χ3n) is 6.53. The number of hydrogen-bond acceptors (Lipinski definition) is 8. The minimum absolute atomic E-state index is 0.0460. The van der Waals surface area contributed by atoms with Gasteiger partial charge in [-0.2, -0.15) is 8.42 Å². The van der Waals surface area contributed by atoms with E-state index in [1.54, 1.807) is 0 Å². The maximum absolute atomic E-state index is 13.4. The molecule has 3 heterocycles. The van der Waals surface area contributed by atoms with Crippen molar-refractivity contribution in [2.45, 2.75) is 38.8 Å². The van der Waals surface area contributed by atoms with Crippen LogP contribution in [0.1, 0.15) is 45.6 Å². The molecule has 0 saturated heterocycles. The van der Waals surface area contributed by atoms with Crippen LogP contribution in [0, 0.1) is 12.8 Å². The summed E-state index contributed by atoms with van der Waals surface area (Å²) in [7, 11) is -3.95. The maximum atomic E-state index is 13.4. The zero-order chi connectivity index (χ0) is 25.3. The van der Waals surface area contributed by atoms with Crippen molar-refractivity contribution in [3.63, 3.8) is 0 Å². The molecule has 1 aliphatic carbocycles. The Morgan fingerprint density at radius 2 is 2.14 bits per heavy atom. The lowest BCUT2D eigenvalue weighted by atomic mass is 10.1. The summed E-state index contributed by atoms with van der Waals surface area (Å²) in [6, 6.07) is 10.3. The quantitative estimate of drug-likeness (QED) is 0.317. The van der Waals surface area contributed by atoms with Crippen molar-refractivity contribution in [3.05, 3.63) is 76.0 Å². The predicted molar refractivity (Wildman–Crippen MR) is 139 cm³/mol. The Morgan fingerprint density at radius 1 is 1.31 bits per heavy atom. The lowest BCUT2D eigenvalue weighted by molar-refractivity contribution is 0.104. The van der Waals surface area contributed by atoms with Gasteiger partial charge in [0.15, 0.2) is 0 Å². The minimum atomic E-state index is -3.95. The van der Waals surface area contributed by atoms with E-state index in [1.165, 1.54) is 40.3 Å². The Bertz CT molecular complexity index is 1510. The molecule has 11 heteroatoms. The van der Waals surface area contributed by atoms with E-state index in [0.29, 0.717) is 29.2 Å². The highest BCUT2D eigenvalue weighted by Gasteiger charge is 2.28. The second-order valence-electron chi connectivity index (χ2n) is 9.19. The number of nitrogens with two attached hydrogens (primary N) is 1. The molecule has 0 amide bonds. The van der Waals surface area contributed by atoms with E-state index >= 15 is 0 Å². The highest BCUT2D eigenvalue weighted by atomic mass is 32.2. The summed E-state index contributed by atoms with van der Waals surface area (Å²) >= 11 is 1.41. The maximum Gasteiger partial charge on any atom is 0.333 e. The normalized spacial score (nSPS) is 18.1. The number of fused-ring (bicyclic) bond motifs is 1. The van der Waals surface area contributed by atoms with E-state index in [9.17, 15) is 13.2 Å². The number of aryl methyl sites for hydroxylation is 1. The van der Waals surface area contributed by atoms with Gasteiger partial charge in [-0.1, -0.05) is 18.2 Å². The van der Waals surface area contributed by atoms with E-state index in [-0.39, 0.29) is 24.3 Å². The van der Waals surface area contributed by atoms with Crippen molar-refractivity contribution >= 4 is 44.1 Å². The van der Waals surface area contributed by atoms with Gasteiger partial charge >= 0.3 is 10.3 Å². The summed E-state index contributed by atoms with van der Waals surface area (Å²) in [4.78, 5) is 22.4. The molecule has 0 radical (unpaired) electrons. The van der Waals surface area contributed by atoms with Crippen LogP contribution in [0.3, 0.4) is 0 Å². The first-order chi connectivity index (χ1) is 17.3. The highest BCUT2D eigenvalue weighted by molar-refractivity contribution is 7.84. The molecule has 3 aromatic heterocycles. The van der Waals surface area contributed by atoms with Crippen molar-refractivity contribution < 1.29 is 17.4 Å². The number of benzene rings is 1. The molecule has 2 atom stereocenters. The smallest absolute Gasteiger partial charge is 0.333 e. The molecule has 9 nitrogen and oxygen atoms in total. The summed E-state index contributed by atoms with van der Waals surface area (Å²) in [6.07, 6.45) is 7.39. The molecule has 5 rings (SSSR count). The van der Waals surface area contributed by atoms with Gasteiger partial charge in [0.1, 0.15) is 12.1 Å². The number of hydrogen-bond donors (Lipinski definition) is 2. The number of ketones is 1. The van der Waals surface area contributed by atoms with Crippen molar-refractivity contribution in [2.75, 3.05) is 11.9 Å². The average molecular weight is 526 g/mol. The lowest BCUT2D eigenvalue weighted by Gasteiger charge is -2.15. The summed E-state index contributed by atoms with van der Waals surface area (Å²) in [5.74, 6) is 0.417. The zero-order valence-electron chi connectivity index (χ0n) is 19.8. The van der Waals surface area contributed by atoms with Gasteiger partial charge in [0, 0.05) is 35.9 Å². The first kappa shape index (κ1) is 24.6. The molecule has 0 spiro atoms. The molecule has 36 heavy (non-hydrogen) atoms. The Morgan fingerprint density at radius 3 is 2.97 bits per heavy atom. The molecule has 0 aliphatic heterocycles. The van der Waals surface area contributed by atoms with E-state index < -0.39 is 10.3 Å². The van der Waals surface area contributed by atoms with E-state index in [4.69, 9.17) is 9.32 Å². The highest BCUT2D eigenvalue weighted by Crippen LogP contribution is 2.30. The third-order valence-corrected chi connectivity index (χ3v) is 7.97. The van der Waals surface area contributed by atoms with Crippen LogP contribution in [-0.4, -0.2) is 41.4 Å². The van der Waals surface area contributed by atoms with Gasteiger partial charge in [-0.25, -0.2) is 15.1 Å². The van der Waals surface area contributed by atoms with Crippen molar-refractivity contribution in [1.29, 1.82) is 0 Å². The van der Waals surface area contributed by atoms with Gasteiger partial charge in [-0.05, 0) is 60.7 Å². The van der Waals surface area contributed by atoms with Gasteiger partial charge < -0.3 is 9.88 Å². The molecule has 3 N–H and O–H groups in total. The van der Waals surface area contributed by atoms with Gasteiger partial charge in [0.2, 0.25) is 5.78 Å². The molecule has 1 aromatic carbocycles. The third kappa shape index (κ3) is 5.49. The van der Waals surface area contributed by atoms with Crippen LogP contribution in [0.15, 0.2) is 54.4 Å². The molecule has 188 valence electrons. The summed E-state index contributed by atoms with van der Waals surface area (Å²) in [5, 5.41) is 11.5. The molecule has 4 aromatic rings. The number of anilines is 1. The molecule has 1 fully saturated rings. The number of carbonyl (C=O) groups excluding carboxylic acids is 1. The summed E-state index contributed by atoms with van der Waals surface area (Å²) < 4.78 is 29.1. The second-order valence-corrected chi connectivity index (χ2v) is 11.3. The van der Waals surface area contributed by atoms with Crippen molar-refractivity contribution in [3.8, 4) is 0 Å². The van der Waals surface area contributed by atoms with Crippen LogP contribution in [-0.2, 0) is 21.0 Å². The average Bonchev–Trinajstić information content (AvgIpc) is 3.58. The van der Waals surface area contributed by atoms with Crippen molar-refractivity contribution in [1.82, 2.24) is 14.5 Å². The molecule has 1 aliphatic rings. The van der Waals surface area contributed by atoms with Gasteiger partial charge in [0.05, 0.1) is 17.0 Å². The Balaban J connectivity index is 1.28. The number of thiophene rings is 1. The van der Waals surface area contributed by atoms with Crippen molar-refractivity contribution in [2.24, 2.45) is 11.1 Å². The standard InChI is InChI=1S/C25H27N5O4S2/c1-16-11-30(22-5-3-2-4-20(16)22)12-18-9-23(35-14-18)24(31)21-10-27-15-28-25(21)29-19-7-6-17(8-19)13-34-36(26,32)33/h2-5,9-11,14-15,17,19H,6-8,12-13H2,1H3,(H2,26,32,33)(H,27,28,29)/t17-,19+/m1/s1. The fraction of sp³-hybridized carbons (Fsp3) is 0.320. The second kappa shape index (κ2) is 10.1. The number of para-hydroxylation sites is 1. The fourth-order valence-electron chi connectivity index (χ4n) is 4.82. The first-order valence-corrected chi connectivity index (χ1v) is 14.0. The first-order valence-electron chi connectivity index (χ1n) is 11.7. The Kier molecular flexibility index (Phi) is 6.89. The van der Waals surface area contributed by atoms with E-state index in [2.05, 4.69) is 45.1 Å². The Hall–Kier alpha value is -3.12. The van der Waals surface area contributed by atoms with Crippen LogP contribution in [0.25, 0.3) is 10.9 Å². The number of aromatic nitrogens is 3. The minimum Gasteiger partial charge on any atom is -0.367 e. The lowest BCUT2D eigenvalue weighted by Crippen LogP contribution is -2.22. The zero-order valence-corrected chi connectivity index (χ0v) is 21.4. The Labute approximate surface area is 213 Å². The van der Waals surface area contributed by atoms with E-state index in [0.717, 1.165) is 18.4 Å². The van der Waals surface area contributed by atoms with Crippen LogP contribution in [0.4, 0.5) is 5.82 Å². The van der Waals surface area contributed by atoms with Gasteiger partial charge in [-0.3, -0.25) is 8.98 Å². The molecule has 1 saturated carbocycles. The molecular formula is C25H27N5O4S2. The monoisotopic (exact) mass is 525 g/mol. The van der Waals surface area contributed by atoms with Crippen LogP contribution < -0.4 is 10.5 Å². The summed E-state index contributed by atoms with van der Waals surface area (Å²) in [5.41, 5.74) is 3.86.